The number of methoxy groups -OCH3 is 1. The first-order chi connectivity index (χ1) is 12.6. The predicted molar refractivity (Wildman–Crippen MR) is 107 cm³/mol. The van der Waals surface area contributed by atoms with Gasteiger partial charge in [-0.05, 0) is 50.1 Å². The second-order valence-corrected chi connectivity index (χ2v) is 7.68. The summed E-state index contributed by atoms with van der Waals surface area (Å²) in [6.45, 7) is 0. The zero-order valence-corrected chi connectivity index (χ0v) is 17.5. The largest absolute Gasteiger partial charge is 0.495 e. The zero-order chi connectivity index (χ0) is 18.5. The molecule has 3 aromatic rings. The first kappa shape index (κ1) is 18.9. The summed E-state index contributed by atoms with van der Waals surface area (Å²) in [7, 11) is 1.56. The molecule has 0 atom stereocenters. The highest BCUT2D eigenvalue weighted by atomic mass is 79.9. The fourth-order valence-corrected chi connectivity index (χ4v) is 3.88. The van der Waals surface area contributed by atoms with Gasteiger partial charge in [0.1, 0.15) is 5.75 Å². The molecule has 0 fully saturated rings. The Balaban J connectivity index is 1.61. The lowest BCUT2D eigenvalue weighted by molar-refractivity contribution is -0.113. The lowest BCUT2D eigenvalue weighted by Crippen LogP contribution is -2.14. The van der Waals surface area contributed by atoms with Crippen molar-refractivity contribution < 1.29 is 13.9 Å². The Morgan fingerprint density at radius 2 is 1.96 bits per heavy atom. The fraction of sp³-hybridized carbons (Fsp3) is 0.118. The number of nitrogens with zero attached hydrogens (tertiary/aromatic N) is 2. The zero-order valence-electron chi connectivity index (χ0n) is 13.5. The minimum absolute atomic E-state index is 0.140. The van der Waals surface area contributed by atoms with E-state index in [9.17, 15) is 4.79 Å². The Kier molecular flexibility index (Phi) is 6.33. The maximum absolute atomic E-state index is 12.2. The van der Waals surface area contributed by atoms with Gasteiger partial charge in [-0.3, -0.25) is 4.79 Å². The number of hydrogen-bond donors (Lipinski definition) is 1. The molecule has 1 aromatic heterocycles. The molecule has 6 nitrogen and oxygen atoms in total. The van der Waals surface area contributed by atoms with Crippen molar-refractivity contribution in [3.8, 4) is 17.2 Å². The third kappa shape index (κ3) is 4.66. The van der Waals surface area contributed by atoms with Crippen LogP contribution in [0.15, 0.2) is 61.0 Å². The van der Waals surface area contributed by atoms with Gasteiger partial charge in [0.2, 0.25) is 11.8 Å². The minimum atomic E-state index is -0.195. The van der Waals surface area contributed by atoms with Crippen molar-refractivity contribution >= 4 is 55.2 Å². The standard InChI is InChI=1S/C17H13Br2N3O3S/c1-24-14-8-13(11(18)7-12(14)19)20-15(23)9-26-17-22-21-16(25-17)10-5-3-2-4-6-10/h2-8H,9H2,1H3,(H,20,23). The van der Waals surface area contributed by atoms with Gasteiger partial charge < -0.3 is 14.5 Å². The molecule has 0 aliphatic rings. The van der Waals surface area contributed by atoms with Crippen molar-refractivity contribution in [1.82, 2.24) is 10.2 Å². The molecular weight excluding hydrogens is 486 g/mol. The van der Waals surface area contributed by atoms with Gasteiger partial charge in [-0.15, -0.1) is 10.2 Å². The number of halogens is 2. The normalized spacial score (nSPS) is 10.6. The maximum Gasteiger partial charge on any atom is 0.277 e. The summed E-state index contributed by atoms with van der Waals surface area (Å²) in [6, 6.07) is 13.0. The van der Waals surface area contributed by atoms with Crippen LogP contribution in [0.5, 0.6) is 5.75 Å². The van der Waals surface area contributed by atoms with Gasteiger partial charge in [0.25, 0.3) is 5.22 Å². The average molecular weight is 499 g/mol. The smallest absolute Gasteiger partial charge is 0.277 e. The van der Waals surface area contributed by atoms with Crippen LogP contribution in [-0.4, -0.2) is 29.0 Å². The van der Waals surface area contributed by atoms with Crippen molar-refractivity contribution in [2.45, 2.75) is 5.22 Å². The Bertz CT molecular complexity index is 919. The van der Waals surface area contributed by atoms with E-state index in [1.807, 2.05) is 36.4 Å². The van der Waals surface area contributed by atoms with Gasteiger partial charge in [0.05, 0.1) is 23.0 Å². The highest BCUT2D eigenvalue weighted by Gasteiger charge is 2.13. The molecule has 1 N–H and O–H groups in total. The molecule has 2 aromatic carbocycles. The molecule has 0 unspecified atom stereocenters. The van der Waals surface area contributed by atoms with Crippen LogP contribution in [0.4, 0.5) is 5.69 Å². The molecule has 0 aliphatic heterocycles. The molecule has 0 spiro atoms. The van der Waals surface area contributed by atoms with Gasteiger partial charge >= 0.3 is 0 Å². The Morgan fingerprint density at radius 1 is 1.19 bits per heavy atom. The van der Waals surface area contributed by atoms with E-state index in [1.54, 1.807) is 13.2 Å². The minimum Gasteiger partial charge on any atom is -0.495 e. The second kappa shape index (κ2) is 8.70. The average Bonchev–Trinajstić information content (AvgIpc) is 3.12. The molecule has 1 heterocycles. The van der Waals surface area contributed by atoms with E-state index in [-0.39, 0.29) is 11.7 Å². The van der Waals surface area contributed by atoms with Gasteiger partial charge in [-0.2, -0.15) is 0 Å². The van der Waals surface area contributed by atoms with E-state index in [2.05, 4.69) is 47.4 Å². The van der Waals surface area contributed by atoms with Gasteiger partial charge in [-0.25, -0.2) is 0 Å². The summed E-state index contributed by atoms with van der Waals surface area (Å²) in [5, 5.41) is 11.1. The molecule has 0 saturated carbocycles. The number of anilines is 1. The summed E-state index contributed by atoms with van der Waals surface area (Å²) in [6.07, 6.45) is 0. The van der Waals surface area contributed by atoms with E-state index in [0.29, 0.717) is 22.6 Å². The molecule has 1 amide bonds. The number of thioether (sulfide) groups is 1. The molecule has 0 radical (unpaired) electrons. The highest BCUT2D eigenvalue weighted by molar-refractivity contribution is 9.11. The SMILES string of the molecule is COc1cc(NC(=O)CSc2nnc(-c3ccccc3)o2)c(Br)cc1Br. The van der Waals surface area contributed by atoms with Gasteiger partial charge in [0.15, 0.2) is 0 Å². The second-order valence-electron chi connectivity index (χ2n) is 5.04. The Morgan fingerprint density at radius 3 is 2.69 bits per heavy atom. The number of aromatic nitrogens is 2. The van der Waals surface area contributed by atoms with Crippen molar-refractivity contribution in [2.75, 3.05) is 18.2 Å². The van der Waals surface area contributed by atoms with Crippen LogP contribution in [0, 0.1) is 0 Å². The summed E-state index contributed by atoms with van der Waals surface area (Å²) in [4.78, 5) is 12.2. The van der Waals surface area contributed by atoms with Crippen molar-refractivity contribution in [2.24, 2.45) is 0 Å². The highest BCUT2D eigenvalue weighted by Crippen LogP contribution is 2.34. The number of ether oxygens (including phenoxy) is 1. The van der Waals surface area contributed by atoms with Crippen LogP contribution in [0.1, 0.15) is 0 Å². The summed E-state index contributed by atoms with van der Waals surface area (Å²) in [5.41, 5.74) is 1.45. The number of benzene rings is 2. The first-order valence-corrected chi connectivity index (χ1v) is 9.98. The molecule has 0 aliphatic carbocycles. The molecule has 0 saturated heterocycles. The van der Waals surface area contributed by atoms with Crippen LogP contribution in [0.3, 0.4) is 0 Å². The third-order valence-corrected chi connectivity index (χ3v) is 5.36. The fourth-order valence-electron chi connectivity index (χ4n) is 2.06. The number of rotatable bonds is 6. The monoisotopic (exact) mass is 497 g/mol. The quantitative estimate of drug-likeness (QED) is 0.482. The van der Waals surface area contributed by atoms with Crippen LogP contribution < -0.4 is 10.1 Å². The lowest BCUT2D eigenvalue weighted by atomic mass is 10.2. The van der Waals surface area contributed by atoms with Crippen molar-refractivity contribution in [3.05, 3.63) is 51.4 Å². The van der Waals surface area contributed by atoms with Gasteiger partial charge in [-0.1, -0.05) is 30.0 Å². The molecule has 9 heteroatoms. The van der Waals surface area contributed by atoms with Crippen molar-refractivity contribution in [3.63, 3.8) is 0 Å². The van der Waals surface area contributed by atoms with E-state index in [1.165, 1.54) is 11.8 Å². The number of hydrogen-bond acceptors (Lipinski definition) is 6. The van der Waals surface area contributed by atoms with E-state index >= 15 is 0 Å². The maximum atomic E-state index is 12.2. The molecule has 26 heavy (non-hydrogen) atoms. The first-order valence-electron chi connectivity index (χ1n) is 7.41. The lowest BCUT2D eigenvalue weighted by Gasteiger charge is -2.10. The van der Waals surface area contributed by atoms with Gasteiger partial charge in [0, 0.05) is 16.1 Å². The summed E-state index contributed by atoms with van der Waals surface area (Å²) >= 11 is 7.98. The number of carbonyl (C=O) groups excluding carboxylic acids is 1. The number of nitrogens with one attached hydrogen (secondary N) is 1. The molecule has 134 valence electrons. The van der Waals surface area contributed by atoms with Crippen LogP contribution in [0.25, 0.3) is 11.5 Å². The molecular formula is C17H13Br2N3O3S. The molecule has 3 rings (SSSR count). The van der Waals surface area contributed by atoms with Crippen LogP contribution in [0.2, 0.25) is 0 Å². The van der Waals surface area contributed by atoms with Crippen LogP contribution >= 0.6 is 43.6 Å². The topological polar surface area (TPSA) is 77.2 Å². The third-order valence-electron chi connectivity index (χ3n) is 3.27. The number of carbonyl (C=O) groups is 1. The predicted octanol–water partition coefficient (Wildman–Crippen LogP) is 5.00. The Hall–Kier alpha value is -1.84. The van der Waals surface area contributed by atoms with Crippen LogP contribution in [-0.2, 0) is 4.79 Å². The number of amides is 1. The van der Waals surface area contributed by atoms with Crippen molar-refractivity contribution in [1.29, 1.82) is 0 Å². The van der Waals surface area contributed by atoms with E-state index < -0.39 is 0 Å². The van der Waals surface area contributed by atoms with E-state index in [4.69, 9.17) is 9.15 Å². The Labute approximate surface area is 171 Å². The summed E-state index contributed by atoms with van der Waals surface area (Å²) in [5.74, 6) is 0.996. The molecule has 0 bridgehead atoms. The van der Waals surface area contributed by atoms with E-state index in [0.717, 1.165) is 14.5 Å². The summed E-state index contributed by atoms with van der Waals surface area (Å²) < 4.78 is 12.3.